The molecule has 0 amide bonds. The molecule has 4 nitrogen and oxygen atoms in total. The average molecular weight is 395 g/mol. The highest BCUT2D eigenvalue weighted by atomic mass is 19.1. The number of benzene rings is 2. The van der Waals surface area contributed by atoms with Crippen molar-refractivity contribution in [2.75, 3.05) is 19.6 Å². The van der Waals surface area contributed by atoms with E-state index in [9.17, 15) is 14.0 Å². The summed E-state index contributed by atoms with van der Waals surface area (Å²) in [6.07, 6.45) is 3.32. The zero-order valence-electron chi connectivity index (χ0n) is 16.5. The molecule has 2 fully saturated rings. The minimum Gasteiger partial charge on any atom is -0.458 e. The SMILES string of the molecule is O=C1CC(c2ccccc2)C2(CCN(CCCC(=O)c3ccc(F)cc3)CC2)O1. The lowest BCUT2D eigenvalue weighted by Crippen LogP contribution is -2.47. The monoisotopic (exact) mass is 395 g/mol. The molecule has 0 saturated carbocycles. The Morgan fingerprint density at radius 2 is 1.76 bits per heavy atom. The van der Waals surface area contributed by atoms with E-state index >= 15 is 0 Å². The Bertz CT molecular complexity index is 857. The Morgan fingerprint density at radius 1 is 1.07 bits per heavy atom. The number of ketones is 1. The standard InChI is InChI=1S/C24H26FNO3/c25-20-10-8-19(9-11-20)22(27)7-4-14-26-15-12-24(13-16-26)21(17-23(28)29-24)18-5-2-1-3-6-18/h1-3,5-6,8-11,21H,4,7,12-17H2. The first-order chi connectivity index (χ1) is 14.1. The number of nitrogens with zero attached hydrogens (tertiary/aromatic N) is 1. The van der Waals surface area contributed by atoms with E-state index in [1.165, 1.54) is 17.7 Å². The van der Waals surface area contributed by atoms with Crippen molar-refractivity contribution >= 4 is 11.8 Å². The van der Waals surface area contributed by atoms with Gasteiger partial charge in [-0.25, -0.2) is 4.39 Å². The third-order valence-electron chi connectivity index (χ3n) is 6.27. The van der Waals surface area contributed by atoms with Crippen molar-refractivity contribution < 1.29 is 18.7 Å². The van der Waals surface area contributed by atoms with Crippen molar-refractivity contribution in [3.8, 4) is 0 Å². The van der Waals surface area contributed by atoms with E-state index in [-0.39, 0.29) is 23.5 Å². The second-order valence-corrected chi connectivity index (χ2v) is 8.08. The Balaban J connectivity index is 1.29. The lowest BCUT2D eigenvalue weighted by atomic mass is 9.76. The van der Waals surface area contributed by atoms with E-state index in [1.807, 2.05) is 18.2 Å². The summed E-state index contributed by atoms with van der Waals surface area (Å²) < 4.78 is 18.8. The molecule has 1 atom stereocenters. The van der Waals surface area contributed by atoms with Gasteiger partial charge in [0, 0.05) is 43.8 Å². The highest BCUT2D eigenvalue weighted by molar-refractivity contribution is 5.95. The maximum Gasteiger partial charge on any atom is 0.307 e. The van der Waals surface area contributed by atoms with Gasteiger partial charge in [-0.1, -0.05) is 30.3 Å². The molecule has 152 valence electrons. The van der Waals surface area contributed by atoms with Gasteiger partial charge in [-0.15, -0.1) is 0 Å². The minimum atomic E-state index is -0.390. The molecule has 2 saturated heterocycles. The van der Waals surface area contributed by atoms with Crippen LogP contribution in [0.15, 0.2) is 54.6 Å². The molecular weight excluding hydrogens is 369 g/mol. The topological polar surface area (TPSA) is 46.6 Å². The van der Waals surface area contributed by atoms with Crippen LogP contribution in [0.1, 0.15) is 53.9 Å². The Morgan fingerprint density at radius 3 is 2.45 bits per heavy atom. The van der Waals surface area contributed by atoms with Crippen LogP contribution in [0, 0.1) is 5.82 Å². The van der Waals surface area contributed by atoms with Crippen molar-refractivity contribution in [1.82, 2.24) is 4.90 Å². The summed E-state index contributed by atoms with van der Waals surface area (Å²) in [4.78, 5) is 26.7. The molecule has 2 aliphatic heterocycles. The summed E-state index contributed by atoms with van der Waals surface area (Å²) in [6, 6.07) is 15.9. The summed E-state index contributed by atoms with van der Waals surface area (Å²) in [5.74, 6) is -0.256. The maximum absolute atomic E-state index is 13.0. The largest absolute Gasteiger partial charge is 0.458 e. The van der Waals surface area contributed by atoms with E-state index in [0.717, 1.165) is 38.9 Å². The number of halogens is 1. The molecule has 2 heterocycles. The van der Waals surface area contributed by atoms with Crippen molar-refractivity contribution in [2.45, 2.75) is 43.6 Å². The van der Waals surface area contributed by atoms with Crippen molar-refractivity contribution in [3.05, 3.63) is 71.5 Å². The van der Waals surface area contributed by atoms with Crippen LogP contribution >= 0.6 is 0 Å². The van der Waals surface area contributed by atoms with Crippen molar-refractivity contribution in [1.29, 1.82) is 0 Å². The van der Waals surface area contributed by atoms with E-state index < -0.39 is 5.60 Å². The van der Waals surface area contributed by atoms with Crippen LogP contribution in [0.3, 0.4) is 0 Å². The number of hydrogen-bond donors (Lipinski definition) is 0. The van der Waals surface area contributed by atoms with Gasteiger partial charge >= 0.3 is 5.97 Å². The smallest absolute Gasteiger partial charge is 0.307 e. The summed E-state index contributed by atoms with van der Waals surface area (Å²) in [5, 5.41) is 0. The van der Waals surface area contributed by atoms with Gasteiger partial charge < -0.3 is 9.64 Å². The fourth-order valence-corrected chi connectivity index (χ4v) is 4.65. The normalized spacial score (nSPS) is 21.3. The van der Waals surface area contributed by atoms with Gasteiger partial charge in [0.1, 0.15) is 11.4 Å². The predicted octanol–water partition coefficient (Wildman–Crippen LogP) is 4.35. The number of likely N-dealkylation sites (tertiary alicyclic amines) is 1. The zero-order valence-corrected chi connectivity index (χ0v) is 16.5. The quantitative estimate of drug-likeness (QED) is 0.539. The van der Waals surface area contributed by atoms with Crippen LogP contribution in [0.5, 0.6) is 0 Å². The third kappa shape index (κ3) is 4.40. The number of ether oxygens (including phenoxy) is 1. The highest BCUT2D eigenvalue weighted by Crippen LogP contribution is 2.46. The molecule has 5 heteroatoms. The van der Waals surface area contributed by atoms with Gasteiger partial charge in [0.05, 0.1) is 6.42 Å². The first kappa shape index (κ1) is 19.8. The summed E-state index contributed by atoms with van der Waals surface area (Å²) in [5.41, 5.74) is 1.35. The molecule has 2 aromatic rings. The van der Waals surface area contributed by atoms with Crippen LogP contribution in [0.4, 0.5) is 4.39 Å². The number of hydrogen-bond acceptors (Lipinski definition) is 4. The van der Waals surface area contributed by atoms with Gasteiger partial charge in [0.15, 0.2) is 5.78 Å². The first-order valence-electron chi connectivity index (χ1n) is 10.3. The van der Waals surface area contributed by atoms with Gasteiger partial charge in [-0.05, 0) is 42.8 Å². The molecule has 4 rings (SSSR count). The molecule has 2 aliphatic rings. The molecule has 0 N–H and O–H groups in total. The Hall–Kier alpha value is -2.53. The van der Waals surface area contributed by atoms with Crippen LogP contribution in [-0.4, -0.2) is 41.9 Å². The highest BCUT2D eigenvalue weighted by Gasteiger charge is 2.50. The van der Waals surface area contributed by atoms with Gasteiger partial charge in [0.25, 0.3) is 0 Å². The summed E-state index contributed by atoms with van der Waals surface area (Å²) >= 11 is 0. The van der Waals surface area contributed by atoms with Gasteiger partial charge in [0.2, 0.25) is 0 Å². The second-order valence-electron chi connectivity index (χ2n) is 8.08. The zero-order chi connectivity index (χ0) is 20.3. The molecule has 1 spiro atoms. The lowest BCUT2D eigenvalue weighted by Gasteiger charge is -2.41. The minimum absolute atomic E-state index is 0.0485. The number of carbonyl (C=O) groups excluding carboxylic acids is 2. The number of piperidine rings is 1. The van der Waals surface area contributed by atoms with E-state index in [2.05, 4.69) is 17.0 Å². The fraction of sp³-hybridized carbons (Fsp3) is 0.417. The second kappa shape index (κ2) is 8.46. The van der Waals surface area contributed by atoms with Crippen LogP contribution in [0.25, 0.3) is 0 Å². The molecule has 0 radical (unpaired) electrons. The summed E-state index contributed by atoms with van der Waals surface area (Å²) in [6.45, 7) is 2.57. The van der Waals surface area contributed by atoms with Gasteiger partial charge in [-0.2, -0.15) is 0 Å². The van der Waals surface area contributed by atoms with E-state index in [4.69, 9.17) is 4.74 Å². The van der Waals surface area contributed by atoms with Crippen molar-refractivity contribution in [3.63, 3.8) is 0 Å². The van der Waals surface area contributed by atoms with E-state index in [1.54, 1.807) is 12.1 Å². The van der Waals surface area contributed by atoms with Crippen LogP contribution < -0.4 is 0 Å². The maximum atomic E-state index is 13.0. The molecule has 29 heavy (non-hydrogen) atoms. The van der Waals surface area contributed by atoms with E-state index in [0.29, 0.717) is 18.4 Å². The summed E-state index contributed by atoms with van der Waals surface area (Å²) in [7, 11) is 0. The number of carbonyl (C=O) groups is 2. The van der Waals surface area contributed by atoms with Crippen LogP contribution in [0.2, 0.25) is 0 Å². The molecular formula is C24H26FNO3. The molecule has 1 unspecified atom stereocenters. The number of Topliss-reactive ketones (excluding diaryl/α,β-unsaturated/α-hetero) is 1. The Labute approximate surface area is 170 Å². The lowest BCUT2D eigenvalue weighted by molar-refractivity contribution is -0.152. The molecule has 0 aliphatic carbocycles. The van der Waals surface area contributed by atoms with Gasteiger partial charge in [-0.3, -0.25) is 9.59 Å². The third-order valence-corrected chi connectivity index (χ3v) is 6.27. The number of rotatable bonds is 6. The van der Waals surface area contributed by atoms with Crippen LogP contribution in [-0.2, 0) is 9.53 Å². The fourth-order valence-electron chi connectivity index (χ4n) is 4.65. The van der Waals surface area contributed by atoms with Crippen molar-refractivity contribution in [2.24, 2.45) is 0 Å². The Kier molecular flexibility index (Phi) is 5.76. The molecule has 0 aromatic heterocycles. The average Bonchev–Trinajstić information content (AvgIpc) is 3.06. The predicted molar refractivity (Wildman–Crippen MR) is 108 cm³/mol. The first-order valence-corrected chi connectivity index (χ1v) is 10.3. The molecule has 2 aromatic carbocycles. The molecule has 0 bridgehead atoms. The number of esters is 1.